The first kappa shape index (κ1) is 17.9. The molecular formula is C17H26N2O3S. The lowest BCUT2D eigenvalue weighted by Gasteiger charge is -2.25. The SMILES string of the molecule is CN(CC(=O)c1cccs1)C[C@@H]1CCN(C(=O)OC(C)(C)C)C1. The van der Waals surface area contributed by atoms with E-state index in [1.54, 1.807) is 4.90 Å². The van der Waals surface area contributed by atoms with Gasteiger partial charge in [-0.15, -0.1) is 11.3 Å². The van der Waals surface area contributed by atoms with Gasteiger partial charge in [0.1, 0.15) is 5.60 Å². The molecule has 0 radical (unpaired) electrons. The molecule has 23 heavy (non-hydrogen) atoms. The number of carbonyl (C=O) groups is 2. The molecule has 1 aromatic heterocycles. The molecule has 5 nitrogen and oxygen atoms in total. The zero-order valence-electron chi connectivity index (χ0n) is 14.4. The van der Waals surface area contributed by atoms with Gasteiger partial charge in [-0.3, -0.25) is 9.69 Å². The first-order valence-electron chi connectivity index (χ1n) is 7.98. The van der Waals surface area contributed by atoms with Gasteiger partial charge in [0, 0.05) is 19.6 Å². The number of carbonyl (C=O) groups excluding carboxylic acids is 2. The van der Waals surface area contributed by atoms with Crippen molar-refractivity contribution in [2.45, 2.75) is 32.8 Å². The number of nitrogens with zero attached hydrogens (tertiary/aromatic N) is 2. The average molecular weight is 338 g/mol. The van der Waals surface area contributed by atoms with Crippen LogP contribution in [0.15, 0.2) is 17.5 Å². The molecule has 1 saturated heterocycles. The summed E-state index contributed by atoms with van der Waals surface area (Å²) in [5, 5.41) is 1.92. The Morgan fingerprint density at radius 3 is 2.78 bits per heavy atom. The zero-order chi connectivity index (χ0) is 17.0. The molecule has 1 fully saturated rings. The highest BCUT2D eigenvalue weighted by molar-refractivity contribution is 7.12. The molecule has 0 aromatic carbocycles. The Balaban J connectivity index is 1.76. The van der Waals surface area contributed by atoms with Crippen LogP contribution in [0.25, 0.3) is 0 Å². The topological polar surface area (TPSA) is 49.9 Å². The number of hydrogen-bond acceptors (Lipinski definition) is 5. The smallest absolute Gasteiger partial charge is 0.410 e. The maximum atomic E-state index is 12.1. The number of rotatable bonds is 5. The third kappa shape index (κ3) is 5.62. The highest BCUT2D eigenvalue weighted by Crippen LogP contribution is 2.20. The summed E-state index contributed by atoms with van der Waals surface area (Å²) in [7, 11) is 1.96. The minimum Gasteiger partial charge on any atom is -0.444 e. The Hall–Kier alpha value is -1.40. The molecule has 1 aliphatic heterocycles. The van der Waals surface area contributed by atoms with Gasteiger partial charge in [-0.25, -0.2) is 4.79 Å². The number of Topliss-reactive ketones (excluding diaryl/α,β-unsaturated/α-hetero) is 1. The van der Waals surface area contributed by atoms with Crippen molar-refractivity contribution in [1.82, 2.24) is 9.80 Å². The summed E-state index contributed by atoms with van der Waals surface area (Å²) in [5.74, 6) is 0.549. The highest BCUT2D eigenvalue weighted by Gasteiger charge is 2.30. The summed E-state index contributed by atoms with van der Waals surface area (Å²) in [6.45, 7) is 8.30. The first-order chi connectivity index (χ1) is 10.7. The molecule has 0 saturated carbocycles. The minimum absolute atomic E-state index is 0.157. The van der Waals surface area contributed by atoms with E-state index in [4.69, 9.17) is 4.74 Å². The van der Waals surface area contributed by atoms with Crippen LogP contribution < -0.4 is 0 Å². The second-order valence-corrected chi connectivity index (χ2v) is 8.13. The van der Waals surface area contributed by atoms with Gasteiger partial charge in [0.05, 0.1) is 11.4 Å². The molecule has 0 N–H and O–H groups in total. The highest BCUT2D eigenvalue weighted by atomic mass is 32.1. The van der Waals surface area contributed by atoms with Crippen molar-refractivity contribution in [3.8, 4) is 0 Å². The quantitative estimate of drug-likeness (QED) is 0.774. The molecule has 128 valence electrons. The fraction of sp³-hybridized carbons (Fsp3) is 0.647. The maximum absolute atomic E-state index is 12.1. The molecule has 2 rings (SSSR count). The lowest BCUT2D eigenvalue weighted by atomic mass is 10.1. The summed E-state index contributed by atoms with van der Waals surface area (Å²) < 4.78 is 5.41. The lowest BCUT2D eigenvalue weighted by molar-refractivity contribution is 0.0285. The molecule has 6 heteroatoms. The van der Waals surface area contributed by atoms with E-state index >= 15 is 0 Å². The fourth-order valence-electron chi connectivity index (χ4n) is 2.74. The van der Waals surface area contributed by atoms with E-state index in [1.807, 2.05) is 50.2 Å². The van der Waals surface area contributed by atoms with Gasteiger partial charge in [-0.05, 0) is 51.6 Å². The van der Waals surface area contributed by atoms with Crippen molar-refractivity contribution >= 4 is 23.2 Å². The molecule has 0 spiro atoms. The molecule has 0 bridgehead atoms. The van der Waals surface area contributed by atoms with E-state index < -0.39 is 5.60 Å². The second-order valence-electron chi connectivity index (χ2n) is 7.18. The molecule has 1 atom stereocenters. The predicted molar refractivity (Wildman–Crippen MR) is 92.1 cm³/mol. The van der Waals surface area contributed by atoms with Crippen LogP contribution in [0, 0.1) is 5.92 Å². The van der Waals surface area contributed by atoms with E-state index in [0.717, 1.165) is 24.4 Å². The standard InChI is InChI=1S/C17H26N2O3S/c1-17(2,3)22-16(21)19-8-7-13(11-19)10-18(4)12-14(20)15-6-5-9-23-15/h5-6,9,13H,7-8,10-12H2,1-4H3/t13-/m0/s1. The third-order valence-corrected chi connectivity index (χ3v) is 4.63. The fourth-order valence-corrected chi connectivity index (χ4v) is 3.40. The van der Waals surface area contributed by atoms with Crippen LogP contribution in [0.4, 0.5) is 4.79 Å². The van der Waals surface area contributed by atoms with E-state index in [9.17, 15) is 9.59 Å². The normalized spacial score (nSPS) is 18.5. The number of likely N-dealkylation sites (tertiary alicyclic amines) is 1. The van der Waals surface area contributed by atoms with E-state index in [-0.39, 0.29) is 11.9 Å². The van der Waals surface area contributed by atoms with Crippen molar-refractivity contribution < 1.29 is 14.3 Å². The lowest BCUT2D eigenvalue weighted by Crippen LogP contribution is -2.36. The van der Waals surface area contributed by atoms with Crippen LogP contribution in [0.1, 0.15) is 36.9 Å². The van der Waals surface area contributed by atoms with Crippen LogP contribution in [-0.4, -0.2) is 60.5 Å². The molecule has 2 heterocycles. The Bertz CT molecular complexity index is 537. The van der Waals surface area contributed by atoms with Crippen molar-refractivity contribution in [3.05, 3.63) is 22.4 Å². The molecule has 1 amide bonds. The van der Waals surface area contributed by atoms with Crippen LogP contribution in [0.3, 0.4) is 0 Å². The summed E-state index contributed by atoms with van der Waals surface area (Å²) in [6.07, 6.45) is 0.717. The second kappa shape index (κ2) is 7.45. The minimum atomic E-state index is -0.459. The van der Waals surface area contributed by atoms with Crippen LogP contribution in [0.2, 0.25) is 0 Å². The summed E-state index contributed by atoms with van der Waals surface area (Å²) >= 11 is 1.48. The van der Waals surface area contributed by atoms with Crippen molar-refractivity contribution in [1.29, 1.82) is 0 Å². The van der Waals surface area contributed by atoms with Gasteiger partial charge in [0.25, 0.3) is 0 Å². The predicted octanol–water partition coefficient (Wildman–Crippen LogP) is 3.12. The number of hydrogen-bond donors (Lipinski definition) is 0. The van der Waals surface area contributed by atoms with Crippen molar-refractivity contribution in [2.24, 2.45) is 5.92 Å². The number of ether oxygens (including phenoxy) is 1. The Morgan fingerprint density at radius 2 is 2.17 bits per heavy atom. The summed E-state index contributed by atoms with van der Waals surface area (Å²) in [4.78, 5) is 28.8. The van der Waals surface area contributed by atoms with Crippen LogP contribution in [-0.2, 0) is 4.74 Å². The number of amides is 1. The van der Waals surface area contributed by atoms with E-state index in [0.29, 0.717) is 19.0 Å². The number of likely N-dealkylation sites (N-methyl/N-ethyl adjacent to an activating group) is 1. The third-order valence-electron chi connectivity index (χ3n) is 3.72. The van der Waals surface area contributed by atoms with Crippen molar-refractivity contribution in [3.63, 3.8) is 0 Å². The average Bonchev–Trinajstić information content (AvgIpc) is 3.07. The number of ketones is 1. The van der Waals surface area contributed by atoms with Crippen molar-refractivity contribution in [2.75, 3.05) is 33.2 Å². The Labute approximate surface area is 142 Å². The van der Waals surface area contributed by atoms with Crippen LogP contribution in [0.5, 0.6) is 0 Å². The number of thiophene rings is 1. The first-order valence-corrected chi connectivity index (χ1v) is 8.86. The zero-order valence-corrected chi connectivity index (χ0v) is 15.2. The van der Waals surface area contributed by atoms with Gasteiger partial charge in [0.15, 0.2) is 5.78 Å². The molecule has 1 aromatic rings. The maximum Gasteiger partial charge on any atom is 0.410 e. The Morgan fingerprint density at radius 1 is 1.43 bits per heavy atom. The molecule has 0 unspecified atom stereocenters. The molecular weight excluding hydrogens is 312 g/mol. The van der Waals surface area contributed by atoms with E-state index in [1.165, 1.54) is 11.3 Å². The summed E-state index contributed by atoms with van der Waals surface area (Å²) in [6, 6.07) is 3.76. The summed E-state index contributed by atoms with van der Waals surface area (Å²) in [5.41, 5.74) is -0.459. The van der Waals surface area contributed by atoms with Crippen LogP contribution >= 0.6 is 11.3 Å². The van der Waals surface area contributed by atoms with Gasteiger partial charge in [-0.2, -0.15) is 0 Å². The van der Waals surface area contributed by atoms with Gasteiger partial charge < -0.3 is 9.64 Å². The van der Waals surface area contributed by atoms with Gasteiger partial charge in [-0.1, -0.05) is 6.07 Å². The van der Waals surface area contributed by atoms with Gasteiger partial charge >= 0.3 is 6.09 Å². The van der Waals surface area contributed by atoms with Gasteiger partial charge in [0.2, 0.25) is 0 Å². The molecule has 1 aliphatic rings. The Kier molecular flexibility index (Phi) is 5.81. The monoisotopic (exact) mass is 338 g/mol. The largest absolute Gasteiger partial charge is 0.444 e. The van der Waals surface area contributed by atoms with E-state index in [2.05, 4.69) is 0 Å². The molecule has 0 aliphatic carbocycles.